The number of amides is 2. The highest BCUT2D eigenvalue weighted by molar-refractivity contribution is 6.06. The maximum absolute atomic E-state index is 13.3. The van der Waals surface area contributed by atoms with E-state index < -0.39 is 54.3 Å². The van der Waals surface area contributed by atoms with E-state index in [9.17, 15) is 33.0 Å². The summed E-state index contributed by atoms with van der Waals surface area (Å²) in [4.78, 5) is 26.1. The van der Waals surface area contributed by atoms with Crippen molar-refractivity contribution >= 4 is 22.7 Å². The van der Waals surface area contributed by atoms with Crippen LogP contribution in [0.15, 0.2) is 48.5 Å². The van der Waals surface area contributed by atoms with Crippen LogP contribution in [0.3, 0.4) is 0 Å². The molecule has 0 aliphatic carbocycles. The molecule has 2 amide bonds. The molecule has 1 unspecified atom stereocenters. The molecule has 1 aromatic heterocycles. The van der Waals surface area contributed by atoms with Crippen molar-refractivity contribution in [3.05, 3.63) is 65.4 Å². The number of rotatable bonds is 8. The quantitative estimate of drug-likeness (QED) is 0.375. The van der Waals surface area contributed by atoms with E-state index in [1.54, 1.807) is 45.0 Å². The zero-order valence-electron chi connectivity index (χ0n) is 20.1. The molecule has 8 nitrogen and oxygen atoms in total. The van der Waals surface area contributed by atoms with Gasteiger partial charge in [-0.3, -0.25) is 14.3 Å². The fourth-order valence-corrected chi connectivity index (χ4v) is 3.70. The molecule has 2 aromatic carbocycles. The van der Waals surface area contributed by atoms with Crippen LogP contribution in [0.25, 0.3) is 10.9 Å². The van der Waals surface area contributed by atoms with Crippen molar-refractivity contribution in [1.29, 1.82) is 0 Å². The van der Waals surface area contributed by atoms with Gasteiger partial charge in [-0.2, -0.15) is 18.3 Å². The van der Waals surface area contributed by atoms with Crippen molar-refractivity contribution in [1.82, 2.24) is 20.4 Å². The minimum Gasteiger partial charge on any atom is -0.394 e. The monoisotopic (exact) mass is 506 g/mol. The molecular formula is C25H29F3N4O4. The summed E-state index contributed by atoms with van der Waals surface area (Å²) in [7, 11) is 0. The molecule has 3 rings (SSSR count). The highest BCUT2D eigenvalue weighted by atomic mass is 19.4. The Morgan fingerprint density at radius 1 is 0.972 bits per heavy atom. The van der Waals surface area contributed by atoms with Gasteiger partial charge in [0.2, 0.25) is 5.91 Å². The number of carbonyl (C=O) groups excluding carboxylic acids is 2. The van der Waals surface area contributed by atoms with Crippen LogP contribution in [-0.4, -0.2) is 57.1 Å². The predicted molar refractivity (Wildman–Crippen MR) is 127 cm³/mol. The molecule has 11 heteroatoms. The highest BCUT2D eigenvalue weighted by Gasteiger charge is 2.35. The molecule has 0 radical (unpaired) electrons. The first-order valence-electron chi connectivity index (χ1n) is 11.3. The average molecular weight is 507 g/mol. The van der Waals surface area contributed by atoms with Gasteiger partial charge in [-0.25, -0.2) is 0 Å². The van der Waals surface area contributed by atoms with Gasteiger partial charge in [0.05, 0.1) is 36.9 Å². The lowest BCUT2D eigenvalue weighted by Gasteiger charge is -2.31. The van der Waals surface area contributed by atoms with E-state index in [4.69, 9.17) is 0 Å². The third-order valence-corrected chi connectivity index (χ3v) is 5.68. The summed E-state index contributed by atoms with van der Waals surface area (Å²) in [5, 5.41) is 28.7. The normalized spacial score (nSPS) is 13.1. The van der Waals surface area contributed by atoms with E-state index in [-0.39, 0.29) is 12.2 Å². The lowest BCUT2D eigenvalue weighted by Crippen LogP contribution is -2.56. The molecule has 0 aliphatic heterocycles. The van der Waals surface area contributed by atoms with Crippen molar-refractivity contribution in [3.8, 4) is 0 Å². The van der Waals surface area contributed by atoms with Gasteiger partial charge in [-0.05, 0) is 29.2 Å². The largest absolute Gasteiger partial charge is 0.416 e. The van der Waals surface area contributed by atoms with Crippen LogP contribution >= 0.6 is 0 Å². The zero-order valence-corrected chi connectivity index (χ0v) is 20.1. The van der Waals surface area contributed by atoms with Crippen LogP contribution in [0, 0.1) is 5.41 Å². The van der Waals surface area contributed by atoms with Gasteiger partial charge in [0.15, 0.2) is 5.69 Å². The molecule has 3 aromatic rings. The number of nitrogens with zero attached hydrogens (tertiary/aromatic N) is 2. The molecule has 0 aliphatic rings. The number of nitrogens with one attached hydrogen (secondary N) is 2. The van der Waals surface area contributed by atoms with Crippen molar-refractivity contribution in [3.63, 3.8) is 0 Å². The van der Waals surface area contributed by atoms with Gasteiger partial charge < -0.3 is 20.8 Å². The molecule has 194 valence electrons. The number of hydrogen-bond acceptors (Lipinski definition) is 5. The van der Waals surface area contributed by atoms with Crippen molar-refractivity contribution in [2.24, 2.45) is 5.41 Å². The second-order valence-electron chi connectivity index (χ2n) is 9.56. The number of fused-ring (bicyclic) bond motifs is 1. The molecule has 0 saturated carbocycles. The summed E-state index contributed by atoms with van der Waals surface area (Å²) in [6.45, 7) is 4.46. The van der Waals surface area contributed by atoms with Gasteiger partial charge in [0, 0.05) is 5.39 Å². The number of halogens is 3. The Morgan fingerprint density at radius 2 is 1.58 bits per heavy atom. The summed E-state index contributed by atoms with van der Waals surface area (Å²) in [6.07, 6.45) is -4.44. The lowest BCUT2D eigenvalue weighted by atomic mass is 9.85. The van der Waals surface area contributed by atoms with Gasteiger partial charge in [0.1, 0.15) is 6.04 Å². The Labute approximate surface area is 206 Å². The Balaban J connectivity index is 1.89. The number of aliphatic hydroxyl groups excluding tert-OH is 2. The van der Waals surface area contributed by atoms with E-state index in [0.717, 1.165) is 12.1 Å². The van der Waals surface area contributed by atoms with Crippen molar-refractivity contribution < 1.29 is 33.0 Å². The summed E-state index contributed by atoms with van der Waals surface area (Å²) in [5.74, 6) is -1.19. The summed E-state index contributed by atoms with van der Waals surface area (Å²) >= 11 is 0. The molecule has 4 N–H and O–H groups in total. The number of aliphatic hydroxyl groups is 2. The minimum absolute atomic E-state index is 0.0560. The minimum atomic E-state index is -4.44. The van der Waals surface area contributed by atoms with E-state index in [2.05, 4.69) is 15.7 Å². The molecule has 36 heavy (non-hydrogen) atoms. The number of carbonyl (C=O) groups is 2. The Hall–Kier alpha value is -3.44. The van der Waals surface area contributed by atoms with E-state index in [0.29, 0.717) is 16.5 Å². The fraction of sp³-hybridized carbons (Fsp3) is 0.400. The molecule has 0 fully saturated rings. The Kier molecular flexibility index (Phi) is 8.05. The van der Waals surface area contributed by atoms with E-state index in [1.807, 2.05) is 0 Å². The topological polar surface area (TPSA) is 116 Å². The van der Waals surface area contributed by atoms with Crippen LogP contribution in [0.4, 0.5) is 13.2 Å². The second-order valence-corrected chi connectivity index (χ2v) is 9.56. The maximum Gasteiger partial charge on any atom is 0.416 e. The molecular weight excluding hydrogens is 477 g/mol. The molecule has 0 bridgehead atoms. The second kappa shape index (κ2) is 10.7. The van der Waals surface area contributed by atoms with Crippen LogP contribution in [-0.2, 0) is 17.5 Å². The van der Waals surface area contributed by atoms with Crippen molar-refractivity contribution in [2.45, 2.75) is 45.6 Å². The van der Waals surface area contributed by atoms with Crippen LogP contribution in [0.2, 0.25) is 0 Å². The number of para-hydroxylation sites is 1. The fourth-order valence-electron chi connectivity index (χ4n) is 3.70. The van der Waals surface area contributed by atoms with Crippen LogP contribution in [0.5, 0.6) is 0 Å². The molecule has 1 heterocycles. The number of aromatic nitrogens is 2. The first kappa shape index (κ1) is 27.2. The Bertz CT molecular complexity index is 1210. The van der Waals surface area contributed by atoms with Gasteiger partial charge in [-0.1, -0.05) is 51.1 Å². The van der Waals surface area contributed by atoms with Gasteiger partial charge >= 0.3 is 6.18 Å². The van der Waals surface area contributed by atoms with Gasteiger partial charge in [-0.15, -0.1) is 0 Å². The SMILES string of the molecule is CC(C)(C)C(NC(=O)c1nn(Cc2ccc(C(F)(F)F)cc2)c2ccccc12)C(=O)NC(CO)CO. The molecule has 1 atom stereocenters. The maximum atomic E-state index is 13.3. The van der Waals surface area contributed by atoms with Crippen LogP contribution in [0.1, 0.15) is 42.4 Å². The zero-order chi connectivity index (χ0) is 26.7. The predicted octanol–water partition coefficient (Wildman–Crippen LogP) is 2.72. The Morgan fingerprint density at radius 3 is 2.14 bits per heavy atom. The summed E-state index contributed by atoms with van der Waals surface area (Å²) in [5.41, 5.74) is -0.254. The first-order chi connectivity index (χ1) is 16.8. The molecule has 0 saturated heterocycles. The van der Waals surface area contributed by atoms with Crippen LogP contribution < -0.4 is 10.6 Å². The van der Waals surface area contributed by atoms with E-state index in [1.165, 1.54) is 16.8 Å². The standard InChI is InChI=1S/C25H29F3N4O4/c1-24(2,3)21(23(36)29-17(13-33)14-34)30-22(35)20-18-6-4-5-7-19(18)32(31-20)12-15-8-10-16(11-9-15)25(26,27)28/h4-11,17,21,33-34H,12-14H2,1-3H3,(H,29,36)(H,30,35). The van der Waals surface area contributed by atoms with E-state index >= 15 is 0 Å². The van der Waals surface area contributed by atoms with Gasteiger partial charge in [0.25, 0.3) is 5.91 Å². The third-order valence-electron chi connectivity index (χ3n) is 5.68. The first-order valence-corrected chi connectivity index (χ1v) is 11.3. The highest BCUT2D eigenvalue weighted by Crippen LogP contribution is 2.29. The smallest absolute Gasteiger partial charge is 0.394 e. The summed E-state index contributed by atoms with van der Waals surface area (Å²) < 4.78 is 40.2. The van der Waals surface area contributed by atoms with Crippen molar-refractivity contribution in [2.75, 3.05) is 13.2 Å². The third kappa shape index (κ3) is 6.21. The average Bonchev–Trinajstić information content (AvgIpc) is 3.18. The number of hydrogen-bond donors (Lipinski definition) is 4. The number of benzene rings is 2. The summed E-state index contributed by atoms with van der Waals surface area (Å²) in [6, 6.07) is 9.74. The molecule has 0 spiro atoms. The number of alkyl halides is 3. The lowest BCUT2D eigenvalue weighted by molar-refractivity contribution is -0.137.